The van der Waals surface area contributed by atoms with Crippen molar-refractivity contribution in [3.8, 4) is 5.75 Å². The van der Waals surface area contributed by atoms with Crippen LogP contribution in [0.5, 0.6) is 5.75 Å². The first-order valence-corrected chi connectivity index (χ1v) is 11.0. The fourth-order valence-electron chi connectivity index (χ4n) is 4.83. The number of likely N-dealkylation sites (N-methyl/N-ethyl adjacent to an activating group) is 1. The van der Waals surface area contributed by atoms with E-state index in [1.807, 2.05) is 6.92 Å². The summed E-state index contributed by atoms with van der Waals surface area (Å²) in [6.45, 7) is 8.84. The molecule has 0 radical (unpaired) electrons. The second-order valence-electron chi connectivity index (χ2n) is 8.97. The average Bonchev–Trinajstić information content (AvgIpc) is 3.52. The Balaban J connectivity index is 1.40. The lowest BCUT2D eigenvalue weighted by Gasteiger charge is -2.49. The first kappa shape index (κ1) is 19.7. The first-order chi connectivity index (χ1) is 13.6. The molecule has 1 aliphatic carbocycles. The molecule has 1 spiro atoms. The maximum Gasteiger partial charge on any atom is 0.222 e. The predicted octanol–water partition coefficient (Wildman–Crippen LogP) is 2.99. The Hall–Kier alpha value is -1.59. The Labute approximate surface area is 169 Å². The van der Waals surface area contributed by atoms with Gasteiger partial charge in [-0.2, -0.15) is 0 Å². The molecule has 0 N–H and O–H groups in total. The van der Waals surface area contributed by atoms with Crippen LogP contribution >= 0.6 is 0 Å². The van der Waals surface area contributed by atoms with Gasteiger partial charge in [-0.3, -0.25) is 14.6 Å². The zero-order valence-electron chi connectivity index (χ0n) is 17.5. The van der Waals surface area contributed by atoms with Gasteiger partial charge < -0.3 is 9.64 Å². The Morgan fingerprint density at radius 1 is 1.11 bits per heavy atom. The van der Waals surface area contributed by atoms with Crippen molar-refractivity contribution in [3.05, 3.63) is 29.8 Å². The first-order valence-electron chi connectivity index (χ1n) is 11.0. The maximum absolute atomic E-state index is 12.6. The molecule has 1 atom stereocenters. The predicted molar refractivity (Wildman–Crippen MR) is 111 cm³/mol. The smallest absolute Gasteiger partial charge is 0.222 e. The molecule has 4 rings (SSSR count). The van der Waals surface area contributed by atoms with Gasteiger partial charge in [0.15, 0.2) is 0 Å². The number of hydrogen-bond acceptors (Lipinski definition) is 4. The van der Waals surface area contributed by atoms with Crippen LogP contribution in [0.15, 0.2) is 24.3 Å². The highest BCUT2D eigenvalue weighted by atomic mass is 16.5. The summed E-state index contributed by atoms with van der Waals surface area (Å²) in [7, 11) is 2.26. The summed E-state index contributed by atoms with van der Waals surface area (Å²) in [4.78, 5) is 19.9. The van der Waals surface area contributed by atoms with Crippen LogP contribution in [0.1, 0.15) is 44.6 Å². The van der Waals surface area contributed by atoms with Crippen molar-refractivity contribution >= 4 is 5.91 Å². The number of nitrogens with zero attached hydrogens (tertiary/aromatic N) is 3. The van der Waals surface area contributed by atoms with Crippen LogP contribution in [0, 0.1) is 5.92 Å². The van der Waals surface area contributed by atoms with Gasteiger partial charge in [0.2, 0.25) is 5.91 Å². The van der Waals surface area contributed by atoms with Gasteiger partial charge in [-0.15, -0.1) is 0 Å². The van der Waals surface area contributed by atoms with E-state index in [4.69, 9.17) is 4.74 Å². The molecule has 5 heteroatoms. The molecule has 154 valence electrons. The molecule has 2 heterocycles. The minimum absolute atomic E-state index is 0.136. The van der Waals surface area contributed by atoms with Gasteiger partial charge in [0.1, 0.15) is 5.75 Å². The molecular weight excluding hydrogens is 350 g/mol. The number of carbonyl (C=O) groups excluding carboxylic acids is 1. The molecule has 0 bridgehead atoms. The Bertz CT molecular complexity index is 673. The normalized spacial score (nSPS) is 27.2. The average molecular weight is 386 g/mol. The van der Waals surface area contributed by atoms with E-state index in [2.05, 4.69) is 46.0 Å². The minimum Gasteiger partial charge on any atom is -0.494 e. The van der Waals surface area contributed by atoms with Crippen LogP contribution in [0.3, 0.4) is 0 Å². The highest BCUT2D eigenvalue weighted by molar-refractivity contribution is 5.76. The fourth-order valence-corrected chi connectivity index (χ4v) is 4.83. The van der Waals surface area contributed by atoms with E-state index < -0.39 is 0 Å². The van der Waals surface area contributed by atoms with Crippen LogP contribution in [0.4, 0.5) is 0 Å². The Kier molecular flexibility index (Phi) is 5.93. The fraction of sp³-hybridized carbons (Fsp3) is 0.696. The summed E-state index contributed by atoms with van der Waals surface area (Å²) in [5, 5.41) is 0. The SMILES string of the molecule is CCOc1ccc(CN2CCN(C)[C@]3(CCC(=O)N(CC4CC4)CC3)C2)cc1. The third-order valence-corrected chi connectivity index (χ3v) is 6.90. The third-order valence-electron chi connectivity index (χ3n) is 6.90. The van der Waals surface area contributed by atoms with Gasteiger partial charge in [0.25, 0.3) is 0 Å². The number of amides is 1. The molecule has 1 aromatic rings. The van der Waals surface area contributed by atoms with E-state index in [0.29, 0.717) is 18.9 Å². The number of piperazine rings is 1. The van der Waals surface area contributed by atoms with Crippen molar-refractivity contribution in [1.82, 2.24) is 14.7 Å². The second kappa shape index (κ2) is 8.42. The van der Waals surface area contributed by atoms with Crippen molar-refractivity contribution in [1.29, 1.82) is 0 Å². The highest BCUT2D eigenvalue weighted by Gasteiger charge is 2.42. The summed E-state index contributed by atoms with van der Waals surface area (Å²) < 4.78 is 5.56. The van der Waals surface area contributed by atoms with Crippen molar-refractivity contribution in [2.24, 2.45) is 5.92 Å². The highest BCUT2D eigenvalue weighted by Crippen LogP contribution is 2.35. The van der Waals surface area contributed by atoms with Crippen LogP contribution in [-0.2, 0) is 11.3 Å². The number of hydrogen-bond donors (Lipinski definition) is 0. The lowest BCUT2D eigenvalue weighted by molar-refractivity contribution is -0.131. The number of rotatable bonds is 6. The molecule has 0 aromatic heterocycles. The number of carbonyl (C=O) groups is 1. The molecule has 28 heavy (non-hydrogen) atoms. The van der Waals surface area contributed by atoms with Gasteiger partial charge >= 0.3 is 0 Å². The number of ether oxygens (including phenoxy) is 1. The van der Waals surface area contributed by atoms with Crippen molar-refractivity contribution in [2.45, 2.75) is 51.1 Å². The minimum atomic E-state index is 0.136. The topological polar surface area (TPSA) is 36.0 Å². The zero-order valence-corrected chi connectivity index (χ0v) is 17.5. The standard InChI is InChI=1S/C23H35N3O2/c1-3-28-21-8-6-19(7-9-21)16-25-15-14-24(2)23(18-25)11-10-22(27)26(13-12-23)17-20-4-5-20/h6-9,20H,3-5,10-18H2,1-2H3/t23-/m0/s1. The van der Waals surface area contributed by atoms with Gasteiger partial charge in [-0.25, -0.2) is 0 Å². The molecular formula is C23H35N3O2. The summed E-state index contributed by atoms with van der Waals surface area (Å²) in [6.07, 6.45) is 5.41. The van der Waals surface area contributed by atoms with Crippen molar-refractivity contribution < 1.29 is 9.53 Å². The summed E-state index contributed by atoms with van der Waals surface area (Å²) in [6, 6.07) is 8.52. The summed E-state index contributed by atoms with van der Waals surface area (Å²) >= 11 is 0. The van der Waals surface area contributed by atoms with Gasteiger partial charge in [0.05, 0.1) is 6.61 Å². The van der Waals surface area contributed by atoms with Crippen LogP contribution in [0.2, 0.25) is 0 Å². The summed E-state index contributed by atoms with van der Waals surface area (Å²) in [5.41, 5.74) is 1.47. The lowest BCUT2D eigenvalue weighted by Crippen LogP contribution is -2.60. The van der Waals surface area contributed by atoms with E-state index in [0.717, 1.165) is 63.8 Å². The van der Waals surface area contributed by atoms with Gasteiger partial charge in [-0.1, -0.05) is 12.1 Å². The van der Waals surface area contributed by atoms with E-state index in [-0.39, 0.29) is 5.54 Å². The quantitative estimate of drug-likeness (QED) is 0.754. The van der Waals surface area contributed by atoms with E-state index in [9.17, 15) is 4.79 Å². The zero-order chi connectivity index (χ0) is 19.6. The van der Waals surface area contributed by atoms with E-state index in [1.54, 1.807) is 0 Å². The van der Waals surface area contributed by atoms with E-state index in [1.165, 1.54) is 18.4 Å². The van der Waals surface area contributed by atoms with Crippen LogP contribution in [-0.4, -0.2) is 72.5 Å². The third kappa shape index (κ3) is 4.52. The molecule has 3 fully saturated rings. The monoisotopic (exact) mass is 385 g/mol. The van der Waals surface area contributed by atoms with Gasteiger partial charge in [0, 0.05) is 51.2 Å². The summed E-state index contributed by atoms with van der Waals surface area (Å²) in [5.74, 6) is 2.10. The number of likely N-dealkylation sites (tertiary alicyclic amines) is 1. The maximum atomic E-state index is 12.6. The van der Waals surface area contributed by atoms with Crippen molar-refractivity contribution in [3.63, 3.8) is 0 Å². The molecule has 0 unspecified atom stereocenters. The molecule has 5 nitrogen and oxygen atoms in total. The van der Waals surface area contributed by atoms with Crippen LogP contribution < -0.4 is 4.74 Å². The molecule has 3 aliphatic rings. The van der Waals surface area contributed by atoms with E-state index >= 15 is 0 Å². The van der Waals surface area contributed by atoms with Gasteiger partial charge in [-0.05, 0) is 63.3 Å². The molecule has 2 saturated heterocycles. The Morgan fingerprint density at radius 2 is 1.89 bits per heavy atom. The van der Waals surface area contributed by atoms with Crippen molar-refractivity contribution in [2.75, 3.05) is 46.4 Å². The molecule has 1 saturated carbocycles. The second-order valence-corrected chi connectivity index (χ2v) is 8.97. The number of benzene rings is 1. The van der Waals surface area contributed by atoms with Crippen LogP contribution in [0.25, 0.3) is 0 Å². The lowest BCUT2D eigenvalue weighted by atomic mass is 9.86. The largest absolute Gasteiger partial charge is 0.494 e. The Morgan fingerprint density at radius 3 is 2.61 bits per heavy atom. The molecule has 1 amide bonds. The molecule has 2 aliphatic heterocycles. The molecule has 1 aromatic carbocycles.